The van der Waals surface area contributed by atoms with Crippen LogP contribution in [0.4, 0.5) is 0 Å². The Balaban J connectivity index is 2.24. The molecule has 0 aliphatic heterocycles. The number of hydrogen-bond donors (Lipinski definition) is 1. The molecule has 0 amide bonds. The molecule has 1 aliphatic rings. The summed E-state index contributed by atoms with van der Waals surface area (Å²) >= 11 is 6.14. The minimum atomic E-state index is 0.456. The van der Waals surface area contributed by atoms with E-state index < -0.39 is 0 Å². The van der Waals surface area contributed by atoms with Gasteiger partial charge >= 0.3 is 0 Å². The van der Waals surface area contributed by atoms with Gasteiger partial charge in [0.1, 0.15) is 0 Å². The Morgan fingerprint density at radius 2 is 2.17 bits per heavy atom. The van der Waals surface area contributed by atoms with Gasteiger partial charge in [0.05, 0.1) is 0 Å². The van der Waals surface area contributed by atoms with Gasteiger partial charge in [0.15, 0.2) is 0 Å². The van der Waals surface area contributed by atoms with Crippen LogP contribution in [0.15, 0.2) is 24.3 Å². The molecule has 1 aliphatic carbocycles. The first-order valence-electron chi connectivity index (χ1n) is 6.92. The SMILES string of the molecule is CNCC1CCC(C)(C)CC1c1cccc(Cl)c1. The summed E-state index contributed by atoms with van der Waals surface area (Å²) in [5.41, 5.74) is 1.87. The average molecular weight is 266 g/mol. The van der Waals surface area contributed by atoms with Crippen LogP contribution in [0.3, 0.4) is 0 Å². The maximum atomic E-state index is 6.14. The first-order chi connectivity index (χ1) is 8.52. The van der Waals surface area contributed by atoms with E-state index in [9.17, 15) is 0 Å². The van der Waals surface area contributed by atoms with Gasteiger partial charge in [-0.05, 0) is 67.8 Å². The van der Waals surface area contributed by atoms with Gasteiger partial charge < -0.3 is 5.32 Å². The van der Waals surface area contributed by atoms with Crippen LogP contribution in [-0.2, 0) is 0 Å². The summed E-state index contributed by atoms with van der Waals surface area (Å²) in [6.07, 6.45) is 3.90. The molecule has 1 fully saturated rings. The van der Waals surface area contributed by atoms with Crippen LogP contribution < -0.4 is 5.32 Å². The molecule has 2 heteroatoms. The lowest BCUT2D eigenvalue weighted by Crippen LogP contribution is -2.33. The van der Waals surface area contributed by atoms with E-state index in [1.54, 1.807) is 0 Å². The molecular formula is C16H24ClN. The Hall–Kier alpha value is -0.530. The van der Waals surface area contributed by atoms with Crippen molar-refractivity contribution in [2.75, 3.05) is 13.6 Å². The third-order valence-electron chi connectivity index (χ3n) is 4.28. The van der Waals surface area contributed by atoms with Crippen LogP contribution in [-0.4, -0.2) is 13.6 Å². The van der Waals surface area contributed by atoms with E-state index in [2.05, 4.69) is 44.4 Å². The van der Waals surface area contributed by atoms with E-state index in [1.807, 2.05) is 6.07 Å². The van der Waals surface area contributed by atoms with E-state index in [0.717, 1.165) is 17.5 Å². The summed E-state index contributed by atoms with van der Waals surface area (Å²) in [7, 11) is 2.05. The minimum absolute atomic E-state index is 0.456. The molecule has 100 valence electrons. The second-order valence-corrected chi connectivity index (χ2v) is 6.82. The van der Waals surface area contributed by atoms with Gasteiger partial charge in [0, 0.05) is 5.02 Å². The zero-order valence-corrected chi connectivity index (χ0v) is 12.4. The summed E-state index contributed by atoms with van der Waals surface area (Å²) in [5, 5.41) is 4.21. The molecule has 1 nitrogen and oxygen atoms in total. The molecule has 0 heterocycles. The predicted octanol–water partition coefficient (Wildman–Crippen LogP) is 4.47. The Morgan fingerprint density at radius 3 is 2.83 bits per heavy atom. The van der Waals surface area contributed by atoms with Gasteiger partial charge in [0.25, 0.3) is 0 Å². The highest BCUT2D eigenvalue weighted by molar-refractivity contribution is 6.30. The number of hydrogen-bond acceptors (Lipinski definition) is 1. The molecule has 0 bridgehead atoms. The number of nitrogens with one attached hydrogen (secondary N) is 1. The van der Waals surface area contributed by atoms with Crippen molar-refractivity contribution < 1.29 is 0 Å². The molecule has 0 saturated heterocycles. The van der Waals surface area contributed by atoms with Gasteiger partial charge in [-0.2, -0.15) is 0 Å². The van der Waals surface area contributed by atoms with Crippen molar-refractivity contribution in [3.05, 3.63) is 34.9 Å². The van der Waals surface area contributed by atoms with Crippen LogP contribution in [0.5, 0.6) is 0 Å². The predicted molar refractivity (Wildman–Crippen MR) is 79.2 cm³/mol. The zero-order valence-electron chi connectivity index (χ0n) is 11.7. The lowest BCUT2D eigenvalue weighted by molar-refractivity contribution is 0.161. The average Bonchev–Trinajstić information content (AvgIpc) is 2.31. The summed E-state index contributed by atoms with van der Waals surface area (Å²) in [4.78, 5) is 0. The third-order valence-corrected chi connectivity index (χ3v) is 4.51. The van der Waals surface area contributed by atoms with E-state index >= 15 is 0 Å². The van der Waals surface area contributed by atoms with Crippen molar-refractivity contribution in [2.45, 2.75) is 39.0 Å². The van der Waals surface area contributed by atoms with Gasteiger partial charge in [-0.1, -0.05) is 37.6 Å². The maximum absolute atomic E-state index is 6.14. The Kier molecular flexibility index (Phi) is 4.34. The quantitative estimate of drug-likeness (QED) is 0.850. The first kappa shape index (κ1) is 13.9. The molecule has 0 radical (unpaired) electrons. The van der Waals surface area contributed by atoms with Crippen LogP contribution in [0.25, 0.3) is 0 Å². The summed E-state index contributed by atoms with van der Waals surface area (Å²) in [6.45, 7) is 5.88. The fraction of sp³-hybridized carbons (Fsp3) is 0.625. The van der Waals surface area contributed by atoms with Crippen LogP contribution in [0, 0.1) is 11.3 Å². The van der Waals surface area contributed by atoms with E-state index in [4.69, 9.17) is 11.6 Å². The molecule has 1 aromatic rings. The molecule has 1 aromatic carbocycles. The normalized spacial score (nSPS) is 27.1. The largest absolute Gasteiger partial charge is 0.319 e. The summed E-state index contributed by atoms with van der Waals surface area (Å²) < 4.78 is 0. The van der Waals surface area contributed by atoms with Gasteiger partial charge in [0.2, 0.25) is 0 Å². The van der Waals surface area contributed by atoms with Gasteiger partial charge in [-0.3, -0.25) is 0 Å². The summed E-state index contributed by atoms with van der Waals surface area (Å²) in [5.74, 6) is 1.38. The van der Waals surface area contributed by atoms with Crippen LogP contribution in [0.1, 0.15) is 44.6 Å². The van der Waals surface area contributed by atoms with Crippen molar-refractivity contribution in [1.82, 2.24) is 5.32 Å². The number of benzene rings is 1. The lowest BCUT2D eigenvalue weighted by atomic mass is 9.65. The smallest absolute Gasteiger partial charge is 0.0408 e. The third kappa shape index (κ3) is 3.27. The lowest BCUT2D eigenvalue weighted by Gasteiger charge is -2.41. The minimum Gasteiger partial charge on any atom is -0.319 e. The maximum Gasteiger partial charge on any atom is 0.0408 e. The van der Waals surface area contributed by atoms with Crippen molar-refractivity contribution >= 4 is 11.6 Å². The second-order valence-electron chi connectivity index (χ2n) is 6.39. The molecule has 1 saturated carbocycles. The van der Waals surface area contributed by atoms with Crippen molar-refractivity contribution in [2.24, 2.45) is 11.3 Å². The van der Waals surface area contributed by atoms with Crippen LogP contribution in [0.2, 0.25) is 5.02 Å². The first-order valence-corrected chi connectivity index (χ1v) is 7.30. The standard InChI is InChI=1S/C16H24ClN/c1-16(2)8-7-13(11-18-3)15(10-16)12-5-4-6-14(17)9-12/h4-6,9,13,15,18H,7-8,10-11H2,1-3H3. The number of halogens is 1. The van der Waals surface area contributed by atoms with Crippen molar-refractivity contribution in [3.8, 4) is 0 Å². The molecule has 18 heavy (non-hydrogen) atoms. The molecule has 2 rings (SSSR count). The Bertz CT molecular complexity index is 400. The Morgan fingerprint density at radius 1 is 1.39 bits per heavy atom. The zero-order chi connectivity index (χ0) is 13.2. The molecule has 2 unspecified atom stereocenters. The topological polar surface area (TPSA) is 12.0 Å². The highest BCUT2D eigenvalue weighted by Crippen LogP contribution is 2.46. The van der Waals surface area contributed by atoms with Gasteiger partial charge in [-0.15, -0.1) is 0 Å². The van der Waals surface area contributed by atoms with Crippen molar-refractivity contribution in [3.63, 3.8) is 0 Å². The molecule has 0 aromatic heterocycles. The highest BCUT2D eigenvalue weighted by Gasteiger charge is 2.35. The highest BCUT2D eigenvalue weighted by atomic mass is 35.5. The monoisotopic (exact) mass is 265 g/mol. The van der Waals surface area contributed by atoms with Gasteiger partial charge in [-0.25, -0.2) is 0 Å². The Labute approximate surface area is 116 Å². The second kappa shape index (κ2) is 5.63. The number of rotatable bonds is 3. The van der Waals surface area contributed by atoms with Crippen LogP contribution >= 0.6 is 11.6 Å². The molecule has 1 N–H and O–H groups in total. The fourth-order valence-corrected chi connectivity index (χ4v) is 3.47. The van der Waals surface area contributed by atoms with E-state index in [0.29, 0.717) is 11.3 Å². The summed E-state index contributed by atoms with van der Waals surface area (Å²) in [6, 6.07) is 8.43. The van der Waals surface area contributed by atoms with E-state index in [1.165, 1.54) is 24.8 Å². The molecule has 2 atom stereocenters. The van der Waals surface area contributed by atoms with E-state index in [-0.39, 0.29) is 0 Å². The molecular weight excluding hydrogens is 242 g/mol. The molecule has 0 spiro atoms. The fourth-order valence-electron chi connectivity index (χ4n) is 3.28. The van der Waals surface area contributed by atoms with Crippen molar-refractivity contribution in [1.29, 1.82) is 0 Å².